The molecular weight excluding hydrogens is 1780 g/mol. The van der Waals surface area contributed by atoms with E-state index in [0.29, 0.717) is 15.0 Å². The third-order valence-corrected chi connectivity index (χ3v) is 10.7. The zero-order valence-electron chi connectivity index (χ0n) is 42.5. The van der Waals surface area contributed by atoms with Gasteiger partial charge in [0.05, 0.1) is 45.1 Å². The molecule has 391 valence electrons. The minimum atomic E-state index is -0.847. The summed E-state index contributed by atoms with van der Waals surface area (Å²) >= 11 is 16.4. The number of benzene rings is 6. The average molecular weight is 1840 g/mol. The van der Waals surface area contributed by atoms with Crippen LogP contribution in [0.4, 0.5) is 0 Å². The third-order valence-electron chi connectivity index (χ3n) is 10.7. The number of carboxylic acids is 1. The Labute approximate surface area is 518 Å². The van der Waals surface area contributed by atoms with Crippen molar-refractivity contribution in [3.8, 4) is 45.3 Å². The number of amides is 1. The van der Waals surface area contributed by atoms with Crippen LogP contribution in [0, 0.1) is 41.5 Å². The fourth-order valence-electron chi connectivity index (χ4n) is 7.67. The molecule has 0 aromatic heterocycles. The second kappa shape index (κ2) is 38.3. The van der Waals surface area contributed by atoms with E-state index < -0.39 is 5.97 Å². The monoisotopic (exact) mass is 1840 g/mol. The summed E-state index contributed by atoms with van der Waals surface area (Å²) in [5.74, 6) is 2.37. The summed E-state index contributed by atoms with van der Waals surface area (Å²) in [6.45, 7) is 15.6. The van der Waals surface area contributed by atoms with Gasteiger partial charge in [0.1, 0.15) is 23.0 Å². The molecule has 0 aliphatic rings. The summed E-state index contributed by atoms with van der Waals surface area (Å²) in [4.78, 5) is 23.1. The van der Waals surface area contributed by atoms with Gasteiger partial charge in [-0.1, -0.05) is 84.9 Å². The molecule has 72 heavy (non-hydrogen) atoms. The number of hydrogen-bond donors (Lipinski definition) is 3. The predicted octanol–water partition coefficient (Wildman–Crippen LogP) is 17.4. The van der Waals surface area contributed by atoms with Gasteiger partial charge in [-0.2, -0.15) is 0 Å². The van der Waals surface area contributed by atoms with E-state index in [-0.39, 0.29) is 22.9 Å². The molecule has 6 rings (SSSR count). The molecule has 0 heterocycles. The molecule has 0 fully saturated rings. The van der Waals surface area contributed by atoms with Crippen LogP contribution in [0.3, 0.4) is 0 Å². The summed E-state index contributed by atoms with van der Waals surface area (Å²) in [6.07, 6.45) is 1.63. The average Bonchev–Trinajstić information content (AvgIpc) is 3.32. The SMILES string of the molecule is COc1cc(C)cc(OC)c1-c1ccc(CC(C)N)cc1.COc1cc(C)cc(OC)c1-c1ccc(CC(C)NC(=O)c2c(C)cccc2C)cc1.Cc1cccc(C)c1C(=O)O.II.[I][V]([I])[I].[I][V][I]. The van der Waals surface area contributed by atoms with E-state index in [1.54, 1.807) is 54.4 Å². The van der Waals surface area contributed by atoms with Crippen LogP contribution >= 0.6 is 137 Å². The minimum absolute atomic E-state index is 0.0146. The van der Waals surface area contributed by atoms with E-state index >= 15 is 0 Å². The van der Waals surface area contributed by atoms with Crippen molar-refractivity contribution in [1.82, 2.24) is 5.32 Å². The van der Waals surface area contributed by atoms with Gasteiger partial charge in [0.15, 0.2) is 0 Å². The summed E-state index contributed by atoms with van der Waals surface area (Å²) < 4.78 is 22.2. The predicted molar refractivity (Wildman–Crippen MR) is 354 cm³/mol. The summed E-state index contributed by atoms with van der Waals surface area (Å²) in [6, 6.07) is 36.4. The van der Waals surface area contributed by atoms with Crippen LogP contribution in [-0.2, 0) is 27.2 Å². The number of ether oxygens (including phenoxy) is 4. The fourth-order valence-corrected chi connectivity index (χ4v) is 7.67. The van der Waals surface area contributed by atoms with Crippen LogP contribution in [0.5, 0.6) is 23.0 Å². The number of rotatable bonds is 13. The van der Waals surface area contributed by atoms with Gasteiger partial charge in [0, 0.05) is 54.9 Å². The number of carbonyl (C=O) groups is 2. The van der Waals surface area contributed by atoms with Gasteiger partial charge >= 0.3 is 120 Å². The molecule has 2 unspecified atom stereocenters. The second-order valence-corrected chi connectivity index (χ2v) is 63.5. The molecule has 0 saturated carbocycles. The van der Waals surface area contributed by atoms with Crippen molar-refractivity contribution in [2.45, 2.75) is 80.3 Å². The van der Waals surface area contributed by atoms with Crippen molar-refractivity contribution >= 4 is 149 Å². The Hall–Kier alpha value is -0.301. The number of methoxy groups -OCH3 is 4. The Balaban J connectivity index is 0.000000541. The molecule has 6 aromatic rings. The normalized spacial score (nSPS) is 10.8. The molecule has 0 radical (unpaired) electrons. The molecule has 9 nitrogen and oxygen atoms in total. The quantitative estimate of drug-likeness (QED) is 0.0975. The first-order valence-electron chi connectivity index (χ1n) is 22.1. The Morgan fingerprint density at radius 1 is 0.583 bits per heavy atom. The van der Waals surface area contributed by atoms with Crippen LogP contribution in [-0.4, -0.2) is 57.5 Å². The number of carbonyl (C=O) groups excluding carboxylic acids is 1. The van der Waals surface area contributed by atoms with Crippen molar-refractivity contribution < 1.29 is 48.0 Å². The van der Waals surface area contributed by atoms with Crippen LogP contribution in [0.25, 0.3) is 22.3 Å². The van der Waals surface area contributed by atoms with Crippen LogP contribution in [0.2, 0.25) is 0 Å². The third kappa shape index (κ3) is 24.6. The second-order valence-electron chi connectivity index (χ2n) is 16.3. The first-order valence-corrected chi connectivity index (χ1v) is 50.9. The molecule has 6 aromatic carbocycles. The Bertz CT molecular complexity index is 2500. The van der Waals surface area contributed by atoms with Gasteiger partial charge in [0.2, 0.25) is 0 Å². The number of halogens is 7. The van der Waals surface area contributed by atoms with Crippen molar-refractivity contribution in [3.05, 3.63) is 165 Å². The molecule has 0 bridgehead atoms. The number of aryl methyl sites for hydroxylation is 6. The van der Waals surface area contributed by atoms with Crippen molar-refractivity contribution in [3.63, 3.8) is 0 Å². The maximum atomic E-state index is 12.8. The molecule has 0 saturated heterocycles. The van der Waals surface area contributed by atoms with E-state index in [1.165, 1.54) is 5.56 Å². The molecule has 2 atom stereocenters. The van der Waals surface area contributed by atoms with E-state index in [1.807, 2.05) is 90.1 Å². The molecule has 1 amide bonds. The Morgan fingerprint density at radius 3 is 1.14 bits per heavy atom. The first-order chi connectivity index (χ1) is 34.2. The fraction of sp³-hybridized carbons (Fsp3) is 0.296. The Morgan fingerprint density at radius 2 is 0.875 bits per heavy atom. The van der Waals surface area contributed by atoms with Gasteiger partial charge < -0.3 is 35.1 Å². The van der Waals surface area contributed by atoms with E-state index in [4.69, 9.17) is 29.8 Å². The van der Waals surface area contributed by atoms with E-state index in [2.05, 4.69) is 191 Å². The molecule has 18 heteroatoms. The van der Waals surface area contributed by atoms with Gasteiger partial charge in [-0.15, -0.1) is 0 Å². The molecule has 0 aliphatic carbocycles. The topological polar surface area (TPSA) is 129 Å². The summed E-state index contributed by atoms with van der Waals surface area (Å²) in [7, 11) is 7.34. The number of hydrogen-bond acceptors (Lipinski definition) is 7. The van der Waals surface area contributed by atoms with Gasteiger partial charge in [0.25, 0.3) is 5.91 Å². The van der Waals surface area contributed by atoms with Crippen molar-refractivity contribution in [1.29, 1.82) is 0 Å². The molecule has 0 spiro atoms. The Kier molecular flexibility index (Phi) is 37.1. The number of nitrogens with two attached hydrogens (primary N) is 1. The maximum absolute atomic E-state index is 12.8. The van der Waals surface area contributed by atoms with Crippen molar-refractivity contribution in [2.75, 3.05) is 28.4 Å². The summed E-state index contributed by atoms with van der Waals surface area (Å²) in [5, 5.41) is 11.9. The van der Waals surface area contributed by atoms with Gasteiger partial charge in [-0.25, -0.2) is 4.79 Å². The number of nitrogens with one attached hydrogen (secondary N) is 1. The molecular formula is C54H64I7N2O7V2. The van der Waals surface area contributed by atoms with Gasteiger partial charge in [-0.05, 0) is 148 Å². The van der Waals surface area contributed by atoms with Crippen LogP contribution in [0.15, 0.2) is 109 Å². The molecule has 4 N–H and O–H groups in total. The van der Waals surface area contributed by atoms with Crippen LogP contribution < -0.4 is 30.0 Å². The van der Waals surface area contributed by atoms with E-state index in [9.17, 15) is 9.59 Å². The first kappa shape index (κ1) is 69.7. The standard InChI is InChI=1S/C27H31NO3.C18H23NO2.C9H10O2.I2.5HI.2V/c1-17-14-23(30-5)26(24(15-17)31-6)22-12-10-21(11-13-22)16-20(4)28-27(29)25-18(2)8-7-9-19(25)3;1-12-9-16(20-3)18(17(10-12)21-4)15-7-5-14(6-8-15)11-13(2)19;1-6-4-3-5-7(2)8(6)9(10)11;1-2;;;;;;;/h7-15,20H,16H2,1-6H3,(H,28,29);5-10,13H,11,19H2,1-4H3;3-5H,1-2H3,(H,10,11);;5*1H;;/q;;;;;;;;;+2;+3/p-5. The van der Waals surface area contributed by atoms with E-state index in [0.717, 1.165) is 103 Å². The van der Waals surface area contributed by atoms with Crippen LogP contribution in [0.1, 0.15) is 79.1 Å². The number of aromatic carboxylic acids is 1. The number of carboxylic acid groups (broad SMARTS) is 1. The summed E-state index contributed by atoms with van der Waals surface area (Å²) in [5.41, 5.74) is 19.3. The zero-order chi connectivity index (χ0) is 54.7. The van der Waals surface area contributed by atoms with Gasteiger partial charge in [-0.3, -0.25) is 4.79 Å². The zero-order valence-corrected chi connectivity index (χ0v) is 60.4. The molecule has 0 aliphatic heterocycles. The van der Waals surface area contributed by atoms with Crippen molar-refractivity contribution in [2.24, 2.45) is 5.73 Å².